The molecule has 0 spiro atoms. The van der Waals surface area contributed by atoms with Gasteiger partial charge in [0.15, 0.2) is 0 Å². The van der Waals surface area contributed by atoms with Crippen LogP contribution in [-0.2, 0) is 0 Å². The maximum absolute atomic E-state index is 3.91. The highest BCUT2D eigenvalue weighted by Crippen LogP contribution is 2.08. The van der Waals surface area contributed by atoms with Gasteiger partial charge in [0.05, 0.1) is 0 Å². The fraction of sp³-hybridized carbons (Fsp3) is 0.273. The summed E-state index contributed by atoms with van der Waals surface area (Å²) in [6.07, 6.45) is 7.67. The lowest BCUT2D eigenvalue weighted by molar-refractivity contribution is 0.540. The van der Waals surface area contributed by atoms with Crippen LogP contribution in [0.2, 0.25) is 0 Å². The van der Waals surface area contributed by atoms with Crippen molar-refractivity contribution in [2.45, 2.75) is 13.8 Å². The fourth-order valence-corrected chi connectivity index (χ4v) is 0.813. The van der Waals surface area contributed by atoms with Crippen molar-refractivity contribution in [3.63, 3.8) is 0 Å². The number of hydrogen-bond donors (Lipinski definition) is 0. The summed E-state index contributed by atoms with van der Waals surface area (Å²) in [5.74, 6) is 0. The summed E-state index contributed by atoms with van der Waals surface area (Å²) in [5.41, 5.74) is 2.11. The Hall–Kier alpha value is -1.24. The molecule has 0 unspecified atom stereocenters. The Balaban J connectivity index is 4.38. The van der Waals surface area contributed by atoms with Crippen molar-refractivity contribution < 1.29 is 0 Å². The van der Waals surface area contributed by atoms with Crippen molar-refractivity contribution in [3.05, 3.63) is 48.9 Å². The smallest absolute Gasteiger partial charge is 0.0329 e. The van der Waals surface area contributed by atoms with E-state index in [0.29, 0.717) is 0 Å². The molecular formula is C11H17N. The van der Waals surface area contributed by atoms with Crippen LogP contribution in [0.1, 0.15) is 13.8 Å². The highest BCUT2D eigenvalue weighted by molar-refractivity contribution is 5.20. The molecule has 0 aliphatic rings. The van der Waals surface area contributed by atoms with Gasteiger partial charge in [-0.05, 0) is 26.0 Å². The molecule has 0 aliphatic heterocycles. The SMILES string of the molecule is C=CC=C(C)N(C)C(=C)C=CC. The summed E-state index contributed by atoms with van der Waals surface area (Å²) in [6.45, 7) is 11.6. The third kappa shape index (κ3) is 3.24. The van der Waals surface area contributed by atoms with Gasteiger partial charge in [-0.25, -0.2) is 0 Å². The second-order valence-corrected chi connectivity index (χ2v) is 2.59. The molecule has 1 heteroatoms. The largest absolute Gasteiger partial charge is 0.349 e. The van der Waals surface area contributed by atoms with Crippen molar-refractivity contribution in [1.82, 2.24) is 4.90 Å². The molecule has 0 aromatic rings. The Morgan fingerprint density at radius 1 is 1.42 bits per heavy atom. The van der Waals surface area contributed by atoms with E-state index in [-0.39, 0.29) is 0 Å². The molecule has 0 aromatic carbocycles. The van der Waals surface area contributed by atoms with Crippen LogP contribution in [0.15, 0.2) is 48.9 Å². The van der Waals surface area contributed by atoms with Crippen LogP contribution in [0.3, 0.4) is 0 Å². The minimum atomic E-state index is 0.980. The van der Waals surface area contributed by atoms with Crippen molar-refractivity contribution in [2.24, 2.45) is 0 Å². The van der Waals surface area contributed by atoms with E-state index in [1.54, 1.807) is 6.08 Å². The van der Waals surface area contributed by atoms with Gasteiger partial charge in [0.2, 0.25) is 0 Å². The third-order valence-corrected chi connectivity index (χ3v) is 1.68. The predicted molar refractivity (Wildman–Crippen MR) is 55.7 cm³/mol. The van der Waals surface area contributed by atoms with E-state index < -0.39 is 0 Å². The molecule has 66 valence electrons. The minimum Gasteiger partial charge on any atom is -0.349 e. The first-order valence-electron chi connectivity index (χ1n) is 3.98. The predicted octanol–water partition coefficient (Wildman–Crippen LogP) is 3.10. The topological polar surface area (TPSA) is 3.24 Å². The minimum absolute atomic E-state index is 0.980. The van der Waals surface area contributed by atoms with Crippen LogP contribution in [0.4, 0.5) is 0 Å². The Morgan fingerprint density at radius 2 is 2.00 bits per heavy atom. The number of hydrogen-bond acceptors (Lipinski definition) is 1. The molecule has 0 N–H and O–H groups in total. The molecule has 0 amide bonds. The zero-order valence-corrected chi connectivity index (χ0v) is 8.17. The average molecular weight is 163 g/mol. The van der Waals surface area contributed by atoms with Gasteiger partial charge in [-0.3, -0.25) is 0 Å². The average Bonchev–Trinajstić information content (AvgIpc) is 2.04. The normalized spacial score (nSPS) is 11.8. The van der Waals surface area contributed by atoms with Crippen LogP contribution in [0.25, 0.3) is 0 Å². The zero-order valence-electron chi connectivity index (χ0n) is 8.17. The number of nitrogens with zero attached hydrogens (tertiary/aromatic N) is 1. The molecule has 0 aliphatic carbocycles. The molecule has 0 saturated heterocycles. The number of rotatable bonds is 4. The first-order valence-corrected chi connectivity index (χ1v) is 3.98. The lowest BCUT2D eigenvalue weighted by Gasteiger charge is -2.19. The van der Waals surface area contributed by atoms with Gasteiger partial charge in [0.25, 0.3) is 0 Å². The molecule has 0 aromatic heterocycles. The zero-order chi connectivity index (χ0) is 9.56. The summed E-state index contributed by atoms with van der Waals surface area (Å²) in [7, 11) is 1.98. The molecule has 12 heavy (non-hydrogen) atoms. The van der Waals surface area contributed by atoms with Gasteiger partial charge in [-0.2, -0.15) is 0 Å². The van der Waals surface area contributed by atoms with Crippen molar-refractivity contribution >= 4 is 0 Å². The highest BCUT2D eigenvalue weighted by Gasteiger charge is 1.98. The van der Waals surface area contributed by atoms with E-state index in [0.717, 1.165) is 11.4 Å². The molecule has 0 rings (SSSR count). The van der Waals surface area contributed by atoms with Gasteiger partial charge in [0, 0.05) is 18.4 Å². The van der Waals surface area contributed by atoms with E-state index in [4.69, 9.17) is 0 Å². The number of allylic oxidation sites excluding steroid dienone is 5. The molecular weight excluding hydrogens is 146 g/mol. The van der Waals surface area contributed by atoms with Crippen molar-refractivity contribution in [1.29, 1.82) is 0 Å². The Labute approximate surface area is 75.4 Å². The standard InChI is InChI=1S/C11H17N/c1-6-8-10(3)12(5)11(4)9-7-2/h6-9H,1,4H2,2-3,5H3. The molecule has 0 heterocycles. The highest BCUT2D eigenvalue weighted by atomic mass is 15.1. The molecule has 0 fully saturated rings. The van der Waals surface area contributed by atoms with Crippen LogP contribution in [0, 0.1) is 0 Å². The van der Waals surface area contributed by atoms with Gasteiger partial charge in [-0.15, -0.1) is 0 Å². The first-order chi connectivity index (χ1) is 5.63. The molecule has 0 bridgehead atoms. The molecule has 0 atom stereocenters. The van der Waals surface area contributed by atoms with Crippen LogP contribution in [0.5, 0.6) is 0 Å². The van der Waals surface area contributed by atoms with Crippen LogP contribution >= 0.6 is 0 Å². The second-order valence-electron chi connectivity index (χ2n) is 2.59. The van der Waals surface area contributed by atoms with Gasteiger partial charge in [-0.1, -0.05) is 25.3 Å². The van der Waals surface area contributed by atoms with Gasteiger partial charge in [0.1, 0.15) is 0 Å². The van der Waals surface area contributed by atoms with Crippen molar-refractivity contribution in [3.8, 4) is 0 Å². The van der Waals surface area contributed by atoms with E-state index in [9.17, 15) is 0 Å². The summed E-state index contributed by atoms with van der Waals surface area (Å²) < 4.78 is 0. The fourth-order valence-electron chi connectivity index (χ4n) is 0.813. The Kier molecular flexibility index (Phi) is 4.86. The summed E-state index contributed by atoms with van der Waals surface area (Å²) in [4.78, 5) is 2.02. The molecule has 0 radical (unpaired) electrons. The summed E-state index contributed by atoms with van der Waals surface area (Å²) >= 11 is 0. The van der Waals surface area contributed by atoms with E-state index >= 15 is 0 Å². The van der Waals surface area contributed by atoms with Gasteiger partial charge < -0.3 is 4.90 Å². The maximum Gasteiger partial charge on any atom is 0.0329 e. The molecule has 1 nitrogen and oxygen atoms in total. The Morgan fingerprint density at radius 3 is 2.42 bits per heavy atom. The van der Waals surface area contributed by atoms with Gasteiger partial charge >= 0.3 is 0 Å². The molecule has 0 saturated carbocycles. The lowest BCUT2D eigenvalue weighted by Crippen LogP contribution is -2.12. The summed E-state index contributed by atoms with van der Waals surface area (Å²) in [5, 5.41) is 0. The van der Waals surface area contributed by atoms with E-state index in [2.05, 4.69) is 13.2 Å². The van der Waals surface area contributed by atoms with E-state index in [1.165, 1.54) is 0 Å². The first kappa shape index (κ1) is 10.8. The quantitative estimate of drug-likeness (QED) is 0.576. The lowest BCUT2D eigenvalue weighted by atomic mass is 10.3. The van der Waals surface area contributed by atoms with Crippen LogP contribution < -0.4 is 0 Å². The Bertz CT molecular complexity index is 221. The van der Waals surface area contributed by atoms with Crippen LogP contribution in [-0.4, -0.2) is 11.9 Å². The van der Waals surface area contributed by atoms with E-state index in [1.807, 2.05) is 44.0 Å². The third-order valence-electron chi connectivity index (χ3n) is 1.68. The monoisotopic (exact) mass is 163 g/mol. The summed E-state index contributed by atoms with van der Waals surface area (Å²) in [6, 6.07) is 0. The second kappa shape index (κ2) is 5.42. The van der Waals surface area contributed by atoms with Crippen molar-refractivity contribution in [2.75, 3.05) is 7.05 Å². The number of likely N-dealkylation sites (N-methyl/N-ethyl adjacent to an activating group) is 1. The maximum atomic E-state index is 3.91.